The number of rotatable bonds is 6. The fraction of sp³-hybridized carbons (Fsp3) is 0.586. The molecule has 2 aromatic rings. The van der Waals surface area contributed by atoms with E-state index in [1.165, 1.54) is 0 Å². The minimum atomic E-state index is -1.03. The molecule has 7 nitrogen and oxygen atoms in total. The van der Waals surface area contributed by atoms with Crippen LogP contribution >= 0.6 is 22.9 Å². The molecular formula is C29H36ClN3O4S. The number of carboxylic acids is 1. The lowest BCUT2D eigenvalue weighted by atomic mass is 9.81. The van der Waals surface area contributed by atoms with E-state index in [-0.39, 0.29) is 39.5 Å². The smallest absolute Gasteiger partial charge is 0.348 e. The van der Waals surface area contributed by atoms with E-state index >= 15 is 0 Å². The van der Waals surface area contributed by atoms with Crippen molar-refractivity contribution in [2.24, 2.45) is 17.3 Å². The molecule has 204 valence electrons. The number of thiophene rings is 1. The van der Waals surface area contributed by atoms with Gasteiger partial charge in [-0.05, 0) is 89.7 Å². The summed E-state index contributed by atoms with van der Waals surface area (Å²) in [5, 5.41) is 12.0. The molecular weight excluding hydrogens is 522 g/mol. The SMILES string of the molecule is CC(C)(C)C#Cc1csc(C(=O)O)c1N(C(=O)[C@H]1CC[C@H](C)CC1)[C@H]1CC[C@H](Oc2ccnc(Cl)n2)CC1. The van der Waals surface area contributed by atoms with Crippen LogP contribution in [-0.4, -0.2) is 39.1 Å². The fourth-order valence-electron chi connectivity index (χ4n) is 5.24. The minimum Gasteiger partial charge on any atom is -0.477 e. The van der Waals surface area contributed by atoms with Crippen LogP contribution in [0.3, 0.4) is 0 Å². The number of aromatic nitrogens is 2. The predicted octanol–water partition coefficient (Wildman–Crippen LogP) is 6.84. The summed E-state index contributed by atoms with van der Waals surface area (Å²) in [4.78, 5) is 36.5. The molecule has 1 N–H and O–H groups in total. The van der Waals surface area contributed by atoms with Gasteiger partial charge in [0.2, 0.25) is 17.1 Å². The van der Waals surface area contributed by atoms with Gasteiger partial charge in [-0.1, -0.05) is 18.8 Å². The Bertz CT molecular complexity index is 1210. The molecule has 4 rings (SSSR count). The van der Waals surface area contributed by atoms with Crippen molar-refractivity contribution >= 4 is 40.5 Å². The third-order valence-electron chi connectivity index (χ3n) is 7.27. The first-order valence-corrected chi connectivity index (χ1v) is 14.6. The molecule has 0 radical (unpaired) electrons. The second-order valence-electron chi connectivity index (χ2n) is 11.5. The largest absolute Gasteiger partial charge is 0.477 e. The van der Waals surface area contributed by atoms with Crippen molar-refractivity contribution in [1.82, 2.24) is 9.97 Å². The van der Waals surface area contributed by atoms with Gasteiger partial charge in [0, 0.05) is 35.0 Å². The van der Waals surface area contributed by atoms with E-state index in [4.69, 9.17) is 16.3 Å². The van der Waals surface area contributed by atoms with Gasteiger partial charge in [-0.3, -0.25) is 4.79 Å². The zero-order valence-electron chi connectivity index (χ0n) is 22.5. The third kappa shape index (κ3) is 7.06. The Balaban J connectivity index is 1.64. The van der Waals surface area contributed by atoms with E-state index in [1.54, 1.807) is 17.6 Å². The van der Waals surface area contributed by atoms with Crippen LogP contribution in [0.4, 0.5) is 5.69 Å². The second kappa shape index (κ2) is 12.0. The average Bonchev–Trinajstić information content (AvgIpc) is 3.28. The third-order valence-corrected chi connectivity index (χ3v) is 8.41. The topological polar surface area (TPSA) is 92.6 Å². The molecule has 0 atom stereocenters. The van der Waals surface area contributed by atoms with Crippen LogP contribution < -0.4 is 9.64 Å². The number of aromatic carboxylic acids is 1. The molecule has 0 unspecified atom stereocenters. The van der Waals surface area contributed by atoms with Crippen molar-refractivity contribution in [1.29, 1.82) is 0 Å². The number of carboxylic acid groups (broad SMARTS) is 1. The van der Waals surface area contributed by atoms with E-state index in [9.17, 15) is 14.7 Å². The van der Waals surface area contributed by atoms with E-state index in [0.29, 0.717) is 48.7 Å². The van der Waals surface area contributed by atoms with Crippen molar-refractivity contribution in [3.8, 4) is 17.7 Å². The molecule has 0 spiro atoms. The van der Waals surface area contributed by atoms with Gasteiger partial charge in [0.05, 0.1) is 11.3 Å². The zero-order valence-corrected chi connectivity index (χ0v) is 24.1. The van der Waals surface area contributed by atoms with E-state index in [2.05, 4.69) is 28.7 Å². The molecule has 38 heavy (non-hydrogen) atoms. The molecule has 9 heteroatoms. The first kappa shape index (κ1) is 28.4. The molecule has 1 amide bonds. The van der Waals surface area contributed by atoms with E-state index in [0.717, 1.165) is 37.0 Å². The van der Waals surface area contributed by atoms with Gasteiger partial charge in [0.25, 0.3) is 0 Å². The molecule has 2 aromatic heterocycles. The lowest BCUT2D eigenvalue weighted by Gasteiger charge is -2.39. The maximum Gasteiger partial charge on any atom is 0.348 e. The highest BCUT2D eigenvalue weighted by molar-refractivity contribution is 7.12. The van der Waals surface area contributed by atoms with Crippen molar-refractivity contribution in [2.75, 3.05) is 4.90 Å². The van der Waals surface area contributed by atoms with Crippen molar-refractivity contribution in [3.63, 3.8) is 0 Å². The lowest BCUT2D eigenvalue weighted by molar-refractivity contribution is -0.124. The van der Waals surface area contributed by atoms with Crippen LogP contribution in [0.15, 0.2) is 17.6 Å². The number of halogens is 1. The Hall–Kier alpha value is -2.63. The number of hydrogen-bond acceptors (Lipinski definition) is 6. The summed E-state index contributed by atoms with van der Waals surface area (Å²) in [6, 6.07) is 1.56. The number of anilines is 1. The van der Waals surface area contributed by atoms with Gasteiger partial charge in [-0.15, -0.1) is 11.3 Å². The maximum absolute atomic E-state index is 14.2. The van der Waals surface area contributed by atoms with Gasteiger partial charge in [-0.25, -0.2) is 9.78 Å². The minimum absolute atomic E-state index is 0.0311. The Morgan fingerprint density at radius 1 is 1.13 bits per heavy atom. The van der Waals surface area contributed by atoms with Gasteiger partial charge in [0.1, 0.15) is 11.0 Å². The van der Waals surface area contributed by atoms with E-state index < -0.39 is 5.97 Å². The monoisotopic (exact) mass is 557 g/mol. The van der Waals surface area contributed by atoms with Crippen LogP contribution in [0.1, 0.15) is 94.3 Å². The predicted molar refractivity (Wildman–Crippen MR) is 150 cm³/mol. The first-order chi connectivity index (χ1) is 18.0. The van der Waals surface area contributed by atoms with Crippen LogP contribution in [0, 0.1) is 29.1 Å². The number of hydrogen-bond donors (Lipinski definition) is 1. The van der Waals surface area contributed by atoms with Crippen LogP contribution in [0.5, 0.6) is 5.88 Å². The highest BCUT2D eigenvalue weighted by atomic mass is 35.5. The summed E-state index contributed by atoms with van der Waals surface area (Å²) in [7, 11) is 0. The van der Waals surface area contributed by atoms with Gasteiger partial charge < -0.3 is 14.7 Å². The molecule has 2 heterocycles. The molecule has 2 aliphatic rings. The Kier molecular flexibility index (Phi) is 9.00. The second-order valence-corrected chi connectivity index (χ2v) is 12.7. The summed E-state index contributed by atoms with van der Waals surface area (Å²) >= 11 is 7.05. The summed E-state index contributed by atoms with van der Waals surface area (Å²) in [6.45, 7) is 8.28. The number of nitrogens with zero attached hydrogens (tertiary/aromatic N) is 3. The molecule has 0 saturated heterocycles. The molecule has 2 saturated carbocycles. The maximum atomic E-state index is 14.2. The van der Waals surface area contributed by atoms with Crippen molar-refractivity contribution in [3.05, 3.63) is 33.4 Å². The summed E-state index contributed by atoms with van der Waals surface area (Å²) < 4.78 is 6.05. The van der Waals surface area contributed by atoms with Crippen molar-refractivity contribution < 1.29 is 19.4 Å². The van der Waals surface area contributed by atoms with Gasteiger partial charge >= 0.3 is 5.97 Å². The van der Waals surface area contributed by atoms with E-state index in [1.807, 2.05) is 25.7 Å². The summed E-state index contributed by atoms with van der Waals surface area (Å²) in [6.07, 6.45) is 8.01. The average molecular weight is 558 g/mol. The molecule has 0 aliphatic heterocycles. The Morgan fingerprint density at radius 3 is 2.42 bits per heavy atom. The van der Waals surface area contributed by atoms with Crippen LogP contribution in [-0.2, 0) is 4.79 Å². The molecule has 2 fully saturated rings. The Morgan fingerprint density at radius 2 is 1.82 bits per heavy atom. The lowest BCUT2D eigenvalue weighted by Crippen LogP contribution is -2.47. The zero-order chi connectivity index (χ0) is 27.4. The number of carbonyl (C=O) groups excluding carboxylic acids is 1. The fourth-order valence-corrected chi connectivity index (χ4v) is 6.21. The first-order valence-electron chi connectivity index (χ1n) is 13.4. The summed E-state index contributed by atoms with van der Waals surface area (Å²) in [5.41, 5.74) is 0.833. The highest BCUT2D eigenvalue weighted by Crippen LogP contribution is 2.40. The van der Waals surface area contributed by atoms with Crippen LogP contribution in [0.25, 0.3) is 0 Å². The standard InChI is InChI=1S/C29H36ClN3O4S/c1-18-5-7-19(8-6-18)26(34)33(24-20(13-15-29(2,3)4)17-38-25(24)27(35)36)21-9-11-22(12-10-21)37-23-14-16-31-28(30)32-23/h14,16-19,21-22H,5-12H2,1-4H3,(H,35,36)/t18-,19-,21-,22-. The molecule has 2 aliphatic carbocycles. The number of ether oxygens (including phenoxy) is 1. The van der Waals surface area contributed by atoms with Crippen LogP contribution in [0.2, 0.25) is 5.28 Å². The Labute approximate surface area is 234 Å². The van der Waals surface area contributed by atoms with Gasteiger partial charge in [-0.2, -0.15) is 4.98 Å². The van der Waals surface area contributed by atoms with Gasteiger partial charge in [0.15, 0.2) is 0 Å². The highest BCUT2D eigenvalue weighted by Gasteiger charge is 2.38. The molecule has 0 bridgehead atoms. The quantitative estimate of drug-likeness (QED) is 0.309. The molecule has 0 aromatic carbocycles. The number of carbonyl (C=O) groups is 2. The number of amides is 1. The van der Waals surface area contributed by atoms with Crippen molar-refractivity contribution in [2.45, 2.75) is 91.2 Å². The normalized spacial score (nSPS) is 23.7. The summed E-state index contributed by atoms with van der Waals surface area (Å²) in [5.74, 6) is 6.39.